The molecule has 0 N–H and O–H groups in total. The number of ether oxygens (including phenoxy) is 2. The SMILES string of the molecule is CCOC(=O)CCCCCCC(=O)OC(C)(C)C#N. The number of esters is 2. The normalized spacial score (nSPS) is 10.6. The molecule has 0 aliphatic heterocycles. The molecule has 0 saturated heterocycles. The second kappa shape index (κ2) is 9.37. The molecule has 0 heterocycles. The van der Waals surface area contributed by atoms with Crippen molar-refractivity contribution in [2.45, 2.75) is 64.9 Å². The van der Waals surface area contributed by atoms with Gasteiger partial charge in [-0.1, -0.05) is 12.8 Å². The first kappa shape index (κ1) is 17.4. The number of carbonyl (C=O) groups is 2. The van der Waals surface area contributed by atoms with E-state index in [1.54, 1.807) is 20.8 Å². The Morgan fingerprint density at radius 3 is 2.05 bits per heavy atom. The van der Waals surface area contributed by atoms with Crippen molar-refractivity contribution in [2.24, 2.45) is 0 Å². The number of hydrogen-bond donors (Lipinski definition) is 0. The van der Waals surface area contributed by atoms with Crippen LogP contribution in [-0.4, -0.2) is 24.1 Å². The van der Waals surface area contributed by atoms with Gasteiger partial charge in [0.25, 0.3) is 0 Å². The van der Waals surface area contributed by atoms with Crippen LogP contribution in [0.1, 0.15) is 59.3 Å². The van der Waals surface area contributed by atoms with Crippen LogP contribution in [0.5, 0.6) is 0 Å². The molecule has 19 heavy (non-hydrogen) atoms. The Morgan fingerprint density at radius 2 is 1.58 bits per heavy atom. The Morgan fingerprint density at radius 1 is 1.05 bits per heavy atom. The van der Waals surface area contributed by atoms with Crippen LogP contribution in [0, 0.1) is 11.3 Å². The number of rotatable bonds is 9. The van der Waals surface area contributed by atoms with E-state index in [1.165, 1.54) is 0 Å². The fourth-order valence-corrected chi connectivity index (χ4v) is 1.48. The zero-order chi connectivity index (χ0) is 14.7. The molecule has 0 radical (unpaired) electrons. The molecule has 0 bridgehead atoms. The highest BCUT2D eigenvalue weighted by atomic mass is 16.6. The van der Waals surface area contributed by atoms with Crippen LogP contribution in [0.3, 0.4) is 0 Å². The maximum absolute atomic E-state index is 11.4. The molecule has 5 nitrogen and oxygen atoms in total. The van der Waals surface area contributed by atoms with Gasteiger partial charge >= 0.3 is 11.9 Å². The first-order valence-electron chi connectivity index (χ1n) is 6.70. The van der Waals surface area contributed by atoms with Gasteiger partial charge in [-0.25, -0.2) is 0 Å². The third-order valence-electron chi connectivity index (χ3n) is 2.46. The summed E-state index contributed by atoms with van der Waals surface area (Å²) in [7, 11) is 0. The van der Waals surface area contributed by atoms with Gasteiger partial charge in [0.2, 0.25) is 0 Å². The molecule has 0 fully saturated rings. The van der Waals surface area contributed by atoms with Crippen molar-refractivity contribution in [3.05, 3.63) is 0 Å². The Labute approximate surface area is 114 Å². The van der Waals surface area contributed by atoms with Crippen molar-refractivity contribution >= 4 is 11.9 Å². The highest BCUT2D eigenvalue weighted by Crippen LogP contribution is 2.11. The summed E-state index contributed by atoms with van der Waals surface area (Å²) in [4.78, 5) is 22.4. The van der Waals surface area contributed by atoms with Gasteiger partial charge in [-0.2, -0.15) is 5.26 Å². The van der Waals surface area contributed by atoms with Crippen LogP contribution < -0.4 is 0 Å². The molecule has 0 saturated carbocycles. The molecule has 0 rings (SSSR count). The predicted molar refractivity (Wildman–Crippen MR) is 70.1 cm³/mol. The number of unbranched alkanes of at least 4 members (excludes halogenated alkanes) is 3. The van der Waals surface area contributed by atoms with Crippen molar-refractivity contribution in [3.63, 3.8) is 0 Å². The molecule has 0 atom stereocenters. The van der Waals surface area contributed by atoms with E-state index in [0.29, 0.717) is 25.9 Å². The maximum Gasteiger partial charge on any atom is 0.307 e. The summed E-state index contributed by atoms with van der Waals surface area (Å²) in [6.07, 6.45) is 3.97. The Hall–Kier alpha value is -1.57. The van der Waals surface area contributed by atoms with E-state index < -0.39 is 5.60 Å². The van der Waals surface area contributed by atoms with Crippen molar-refractivity contribution in [1.82, 2.24) is 0 Å². The Balaban J connectivity index is 3.53. The molecule has 0 aliphatic carbocycles. The van der Waals surface area contributed by atoms with Gasteiger partial charge < -0.3 is 9.47 Å². The molecule has 0 aromatic heterocycles. The summed E-state index contributed by atoms with van der Waals surface area (Å²) in [6, 6.07) is 1.91. The van der Waals surface area contributed by atoms with E-state index in [9.17, 15) is 9.59 Å². The first-order valence-corrected chi connectivity index (χ1v) is 6.70. The zero-order valence-corrected chi connectivity index (χ0v) is 12.0. The quantitative estimate of drug-likeness (QED) is 0.475. The van der Waals surface area contributed by atoms with Crippen LogP contribution in [0.15, 0.2) is 0 Å². The minimum absolute atomic E-state index is 0.169. The summed E-state index contributed by atoms with van der Waals surface area (Å²) in [5.74, 6) is -0.519. The van der Waals surface area contributed by atoms with Crippen LogP contribution in [0.2, 0.25) is 0 Å². The van der Waals surface area contributed by atoms with Gasteiger partial charge in [-0.15, -0.1) is 0 Å². The third-order valence-corrected chi connectivity index (χ3v) is 2.46. The standard InChI is InChI=1S/C14H23NO4/c1-4-18-12(16)9-7-5-6-8-10-13(17)19-14(2,3)11-15/h4-10H2,1-3H3. The van der Waals surface area contributed by atoms with Crippen LogP contribution >= 0.6 is 0 Å². The zero-order valence-electron chi connectivity index (χ0n) is 12.0. The number of nitrogens with zero attached hydrogens (tertiary/aromatic N) is 1. The second-order valence-electron chi connectivity index (χ2n) is 4.82. The van der Waals surface area contributed by atoms with Gasteiger partial charge in [0.05, 0.1) is 6.61 Å². The molecule has 0 spiro atoms. The summed E-state index contributed by atoms with van der Waals surface area (Å²) < 4.78 is 9.80. The molecular formula is C14H23NO4. The summed E-state index contributed by atoms with van der Waals surface area (Å²) >= 11 is 0. The number of carbonyl (C=O) groups excluding carboxylic acids is 2. The molecule has 108 valence electrons. The van der Waals surface area contributed by atoms with Crippen LogP contribution in [0.4, 0.5) is 0 Å². The third kappa shape index (κ3) is 10.1. The lowest BCUT2D eigenvalue weighted by molar-refractivity contribution is -0.152. The lowest BCUT2D eigenvalue weighted by Gasteiger charge is -2.16. The van der Waals surface area contributed by atoms with Crippen LogP contribution in [0.25, 0.3) is 0 Å². The molecule has 5 heteroatoms. The van der Waals surface area contributed by atoms with E-state index in [2.05, 4.69) is 0 Å². The average molecular weight is 269 g/mol. The van der Waals surface area contributed by atoms with Gasteiger partial charge in [-0.3, -0.25) is 9.59 Å². The van der Waals surface area contributed by atoms with Crippen molar-refractivity contribution < 1.29 is 19.1 Å². The number of nitriles is 1. The lowest BCUT2D eigenvalue weighted by atomic mass is 10.1. The van der Waals surface area contributed by atoms with Crippen molar-refractivity contribution in [1.29, 1.82) is 5.26 Å². The van der Waals surface area contributed by atoms with Gasteiger partial charge in [0, 0.05) is 12.8 Å². The molecule has 0 aromatic carbocycles. The molecule has 0 aromatic rings. The van der Waals surface area contributed by atoms with Gasteiger partial charge in [0.15, 0.2) is 5.60 Å². The largest absolute Gasteiger partial charge is 0.466 e. The van der Waals surface area contributed by atoms with E-state index >= 15 is 0 Å². The Bertz CT molecular complexity index is 331. The fourth-order valence-electron chi connectivity index (χ4n) is 1.48. The van der Waals surface area contributed by atoms with E-state index in [-0.39, 0.29) is 11.9 Å². The molecular weight excluding hydrogens is 246 g/mol. The first-order chi connectivity index (χ1) is 8.91. The predicted octanol–water partition coefficient (Wildman–Crippen LogP) is 2.74. The van der Waals surface area contributed by atoms with E-state index in [4.69, 9.17) is 14.7 Å². The van der Waals surface area contributed by atoms with E-state index in [0.717, 1.165) is 19.3 Å². The number of hydrogen-bond acceptors (Lipinski definition) is 5. The second-order valence-corrected chi connectivity index (χ2v) is 4.82. The smallest absolute Gasteiger partial charge is 0.307 e. The topological polar surface area (TPSA) is 76.4 Å². The average Bonchev–Trinajstić information content (AvgIpc) is 2.33. The van der Waals surface area contributed by atoms with Crippen LogP contribution in [-0.2, 0) is 19.1 Å². The summed E-state index contributed by atoms with van der Waals surface area (Å²) in [6.45, 7) is 5.32. The summed E-state index contributed by atoms with van der Waals surface area (Å²) in [5.41, 5.74) is -1.05. The minimum atomic E-state index is -1.05. The van der Waals surface area contributed by atoms with Crippen molar-refractivity contribution in [2.75, 3.05) is 6.61 Å². The van der Waals surface area contributed by atoms with Crippen molar-refractivity contribution in [3.8, 4) is 6.07 Å². The highest BCUT2D eigenvalue weighted by molar-refractivity contribution is 5.70. The highest BCUT2D eigenvalue weighted by Gasteiger charge is 2.21. The molecule has 0 aliphatic rings. The minimum Gasteiger partial charge on any atom is -0.466 e. The molecule has 0 unspecified atom stereocenters. The van der Waals surface area contributed by atoms with E-state index in [1.807, 2.05) is 6.07 Å². The maximum atomic E-state index is 11.4. The molecule has 0 amide bonds. The fraction of sp³-hybridized carbons (Fsp3) is 0.786. The van der Waals surface area contributed by atoms with Gasteiger partial charge in [-0.05, 0) is 33.6 Å². The monoisotopic (exact) mass is 269 g/mol. The lowest BCUT2D eigenvalue weighted by Crippen LogP contribution is -2.25. The van der Waals surface area contributed by atoms with Gasteiger partial charge in [0.1, 0.15) is 6.07 Å². The Kier molecular flexibility index (Phi) is 8.60. The summed E-state index contributed by atoms with van der Waals surface area (Å²) in [5, 5.41) is 8.71.